The van der Waals surface area contributed by atoms with E-state index in [9.17, 15) is 4.79 Å². The zero-order valence-electron chi connectivity index (χ0n) is 18.7. The lowest BCUT2D eigenvalue weighted by atomic mass is 10.1. The van der Waals surface area contributed by atoms with Gasteiger partial charge in [0, 0.05) is 11.1 Å². The summed E-state index contributed by atoms with van der Waals surface area (Å²) in [5.74, 6) is 0.894. The van der Waals surface area contributed by atoms with Crippen molar-refractivity contribution < 1.29 is 9.53 Å². The van der Waals surface area contributed by atoms with Crippen LogP contribution in [0.3, 0.4) is 0 Å². The highest BCUT2D eigenvalue weighted by Crippen LogP contribution is 2.34. The van der Waals surface area contributed by atoms with E-state index in [4.69, 9.17) is 4.74 Å². The van der Waals surface area contributed by atoms with Gasteiger partial charge in [-0.25, -0.2) is 9.98 Å². The Morgan fingerprint density at radius 1 is 1.03 bits per heavy atom. The molecule has 2 aromatic rings. The molecule has 0 bridgehead atoms. The second kappa shape index (κ2) is 12.2. The Labute approximate surface area is 194 Å². The number of hydrogen-bond donors (Lipinski definition) is 0. The zero-order valence-corrected chi connectivity index (χ0v) is 19.5. The smallest absolute Gasteiger partial charge is 0.270 e. The number of rotatable bonds is 10. The molecule has 3 rings (SSSR count). The van der Waals surface area contributed by atoms with Crippen molar-refractivity contribution in [3.8, 4) is 0 Å². The first-order valence-electron chi connectivity index (χ1n) is 11.0. The fourth-order valence-electron chi connectivity index (χ4n) is 3.30. The number of ether oxygens (including phenoxy) is 1. The number of hydrogen-bond acceptors (Lipinski definition) is 6. The zero-order chi connectivity index (χ0) is 22.8. The second-order valence-corrected chi connectivity index (χ2v) is 8.72. The fraction of sp³-hybridized carbons (Fsp3) is 0.308. The first kappa shape index (κ1) is 23.7. The Morgan fingerprint density at radius 2 is 1.75 bits per heavy atom. The lowest BCUT2D eigenvalue weighted by molar-refractivity contribution is 0.104. The van der Waals surface area contributed by atoms with Gasteiger partial charge in [-0.2, -0.15) is 0 Å². The predicted octanol–water partition coefficient (Wildman–Crippen LogP) is 7.08. The van der Waals surface area contributed by atoms with Gasteiger partial charge in [0.15, 0.2) is 0 Å². The van der Waals surface area contributed by atoms with E-state index < -0.39 is 0 Å². The van der Waals surface area contributed by atoms with E-state index >= 15 is 0 Å². The Kier molecular flexibility index (Phi) is 8.99. The standard InChI is InChI=1S/C26H29N3O2S/c1-4-5-6-7-13-18-32-19(2)28-25-23(27-3)21-16-11-12-17-22(21)29-26(31-25)24(30)20-14-9-8-10-15-20/h8-12,14-17H,3-7,13,18H2,1-2H3/b28-19+. The molecular weight excluding hydrogens is 418 g/mol. The molecule has 0 aromatic heterocycles. The summed E-state index contributed by atoms with van der Waals surface area (Å²) in [6.07, 6.45) is 6.16. The second-order valence-electron chi connectivity index (χ2n) is 7.44. The molecule has 1 heterocycles. The molecule has 0 N–H and O–H groups in total. The fourth-order valence-corrected chi connectivity index (χ4v) is 4.09. The molecule has 32 heavy (non-hydrogen) atoms. The Morgan fingerprint density at radius 3 is 2.50 bits per heavy atom. The van der Waals surface area contributed by atoms with Gasteiger partial charge < -0.3 is 4.74 Å². The molecule has 1 aliphatic heterocycles. The van der Waals surface area contributed by atoms with Crippen LogP contribution in [0.5, 0.6) is 0 Å². The van der Waals surface area contributed by atoms with Gasteiger partial charge in [0.1, 0.15) is 5.70 Å². The van der Waals surface area contributed by atoms with E-state index in [1.807, 2.05) is 49.4 Å². The molecule has 166 valence electrons. The van der Waals surface area contributed by atoms with Gasteiger partial charge in [0.25, 0.3) is 5.90 Å². The topological polar surface area (TPSA) is 63.4 Å². The van der Waals surface area contributed by atoms with Crippen molar-refractivity contribution >= 4 is 46.6 Å². The van der Waals surface area contributed by atoms with Crippen LogP contribution in [-0.4, -0.2) is 29.2 Å². The van der Waals surface area contributed by atoms with Gasteiger partial charge >= 0.3 is 0 Å². The summed E-state index contributed by atoms with van der Waals surface area (Å²) in [6, 6.07) is 16.4. The van der Waals surface area contributed by atoms with Gasteiger partial charge in [0.05, 0.1) is 10.7 Å². The van der Waals surface area contributed by atoms with Crippen molar-refractivity contribution in [2.24, 2.45) is 15.0 Å². The van der Waals surface area contributed by atoms with Crippen molar-refractivity contribution in [2.75, 3.05) is 5.75 Å². The average Bonchev–Trinajstić information content (AvgIpc) is 2.97. The normalized spacial score (nSPS) is 13.7. The maximum atomic E-state index is 13.1. The van der Waals surface area contributed by atoms with Crippen LogP contribution < -0.4 is 0 Å². The molecule has 6 heteroatoms. The van der Waals surface area contributed by atoms with Gasteiger partial charge in [-0.15, -0.1) is 11.8 Å². The van der Waals surface area contributed by atoms with E-state index in [0.717, 1.165) is 22.8 Å². The van der Waals surface area contributed by atoms with Crippen LogP contribution in [0.1, 0.15) is 61.9 Å². The monoisotopic (exact) mass is 447 g/mol. The van der Waals surface area contributed by atoms with E-state index in [0.29, 0.717) is 16.9 Å². The molecule has 0 unspecified atom stereocenters. The highest BCUT2D eigenvalue weighted by molar-refractivity contribution is 8.13. The van der Waals surface area contributed by atoms with E-state index in [1.165, 1.54) is 25.7 Å². The van der Waals surface area contributed by atoms with Gasteiger partial charge in [-0.1, -0.05) is 81.1 Å². The molecule has 0 spiro atoms. The van der Waals surface area contributed by atoms with Crippen LogP contribution in [0.25, 0.3) is 5.70 Å². The van der Waals surface area contributed by atoms with Crippen LogP contribution in [0.2, 0.25) is 0 Å². The summed E-state index contributed by atoms with van der Waals surface area (Å²) in [6.45, 7) is 7.88. The third-order valence-electron chi connectivity index (χ3n) is 4.98. The van der Waals surface area contributed by atoms with E-state index in [2.05, 4.69) is 28.6 Å². The predicted molar refractivity (Wildman–Crippen MR) is 136 cm³/mol. The number of fused-ring (bicyclic) bond motifs is 1. The van der Waals surface area contributed by atoms with Crippen molar-refractivity contribution in [2.45, 2.75) is 46.0 Å². The van der Waals surface area contributed by atoms with Gasteiger partial charge in [0.2, 0.25) is 11.7 Å². The first-order valence-corrected chi connectivity index (χ1v) is 12.0. The SMILES string of the molecule is C=NC1=C(/N=C(\C)SCCCCCCC)OC(C(=O)c2ccccc2)=Nc2ccccc21. The highest BCUT2D eigenvalue weighted by Gasteiger charge is 2.25. The number of para-hydroxylation sites is 1. The number of aliphatic imine (C=N–C) groups is 3. The molecular formula is C26H29N3O2S. The summed E-state index contributed by atoms with van der Waals surface area (Å²) in [5, 5.41) is 0.850. The number of benzene rings is 2. The molecule has 0 amide bonds. The minimum Gasteiger partial charge on any atom is -0.414 e. The number of unbranched alkanes of at least 4 members (excludes halogenated alkanes) is 4. The number of ketones is 1. The minimum absolute atomic E-state index is 0.0292. The summed E-state index contributed by atoms with van der Waals surface area (Å²) < 4.78 is 5.99. The lowest BCUT2D eigenvalue weighted by Gasteiger charge is -2.09. The number of Topliss-reactive ketones (excluding diaryl/α,β-unsaturated/α-hetero) is 1. The number of carbonyl (C=O) groups is 1. The van der Waals surface area contributed by atoms with Crippen LogP contribution >= 0.6 is 11.8 Å². The molecule has 0 saturated carbocycles. The summed E-state index contributed by atoms with van der Waals surface area (Å²) in [5.41, 5.74) is 2.30. The summed E-state index contributed by atoms with van der Waals surface area (Å²) in [4.78, 5) is 26.5. The van der Waals surface area contributed by atoms with E-state index in [1.54, 1.807) is 23.9 Å². The molecule has 0 radical (unpaired) electrons. The molecule has 0 aliphatic carbocycles. The number of thioether (sulfide) groups is 1. The largest absolute Gasteiger partial charge is 0.414 e. The summed E-state index contributed by atoms with van der Waals surface area (Å²) >= 11 is 1.68. The van der Waals surface area contributed by atoms with Gasteiger partial charge in [-0.05, 0) is 31.9 Å². The van der Waals surface area contributed by atoms with Crippen molar-refractivity contribution in [1.82, 2.24) is 0 Å². The van der Waals surface area contributed by atoms with Crippen LogP contribution in [0.4, 0.5) is 5.69 Å². The molecule has 0 atom stereocenters. The van der Waals surface area contributed by atoms with Crippen LogP contribution in [0.15, 0.2) is 75.5 Å². The first-order chi connectivity index (χ1) is 15.6. The van der Waals surface area contributed by atoms with Gasteiger partial charge in [-0.3, -0.25) is 9.79 Å². The molecule has 5 nitrogen and oxygen atoms in total. The highest BCUT2D eigenvalue weighted by atomic mass is 32.2. The van der Waals surface area contributed by atoms with Crippen LogP contribution in [0, 0.1) is 0 Å². The maximum absolute atomic E-state index is 13.1. The maximum Gasteiger partial charge on any atom is 0.270 e. The Hall–Kier alpha value is -2.99. The molecule has 1 aliphatic rings. The van der Waals surface area contributed by atoms with Crippen LogP contribution in [-0.2, 0) is 4.74 Å². The third kappa shape index (κ3) is 6.26. The summed E-state index contributed by atoms with van der Waals surface area (Å²) in [7, 11) is 0. The van der Waals surface area contributed by atoms with Crippen molar-refractivity contribution in [3.63, 3.8) is 0 Å². The average molecular weight is 448 g/mol. The van der Waals surface area contributed by atoms with Crippen molar-refractivity contribution in [1.29, 1.82) is 0 Å². The minimum atomic E-state index is -0.306. The number of carbonyl (C=O) groups excluding carboxylic acids is 1. The van der Waals surface area contributed by atoms with E-state index in [-0.39, 0.29) is 17.6 Å². The molecule has 2 aromatic carbocycles. The number of nitrogens with zero attached hydrogens (tertiary/aromatic N) is 3. The lowest BCUT2D eigenvalue weighted by Crippen LogP contribution is -2.17. The van der Waals surface area contributed by atoms with Crippen molar-refractivity contribution in [3.05, 3.63) is 71.6 Å². The Balaban J connectivity index is 1.88. The Bertz CT molecular complexity index is 1040. The molecule has 0 fully saturated rings. The third-order valence-corrected chi connectivity index (χ3v) is 5.99. The molecule has 0 saturated heterocycles. The quantitative estimate of drug-likeness (QED) is 0.169.